The molecule has 2 fully saturated rings. The van der Waals surface area contributed by atoms with Gasteiger partial charge in [-0.15, -0.1) is 0 Å². The van der Waals surface area contributed by atoms with E-state index in [1.54, 1.807) is 23.1 Å². The number of hydrogen-bond acceptors (Lipinski definition) is 5. The zero-order chi connectivity index (χ0) is 36.9. The number of anilines is 3. The molecule has 0 aliphatic carbocycles. The second-order valence-electron chi connectivity index (χ2n) is 12.4. The van der Waals surface area contributed by atoms with E-state index in [1.807, 2.05) is 54.6 Å². The predicted molar refractivity (Wildman–Crippen MR) is 216 cm³/mol. The van der Waals surface area contributed by atoms with Crippen LogP contribution in [0.25, 0.3) is 0 Å². The highest BCUT2D eigenvalue weighted by atomic mass is 35.5. The Balaban J connectivity index is 0.000000192. The molecule has 5 aromatic carbocycles. The van der Waals surface area contributed by atoms with E-state index in [2.05, 4.69) is 27.2 Å². The second-order valence-corrected chi connectivity index (χ2v) is 15.0. The van der Waals surface area contributed by atoms with Gasteiger partial charge in [0.2, 0.25) is 0 Å². The van der Waals surface area contributed by atoms with Gasteiger partial charge in [-0.05, 0) is 90.0 Å². The largest absolute Gasteiger partial charge is 0.398 e. The van der Waals surface area contributed by atoms with Crippen molar-refractivity contribution in [1.29, 1.82) is 0 Å². The van der Waals surface area contributed by atoms with Gasteiger partial charge in [0.05, 0.1) is 39.1 Å². The molecule has 3 N–H and O–H groups in total. The van der Waals surface area contributed by atoms with Crippen LogP contribution < -0.4 is 20.9 Å². The number of halogens is 7. The molecule has 2 aliphatic rings. The molecule has 0 unspecified atom stereocenters. The summed E-state index contributed by atoms with van der Waals surface area (Å²) in [5, 5.41) is 7.24. The van der Waals surface area contributed by atoms with Gasteiger partial charge in [-0.2, -0.15) is 0 Å². The van der Waals surface area contributed by atoms with E-state index in [1.165, 1.54) is 17.7 Å². The van der Waals surface area contributed by atoms with E-state index in [0.717, 1.165) is 47.7 Å². The quantitative estimate of drug-likeness (QED) is 0.173. The molecule has 2 atom stereocenters. The van der Waals surface area contributed by atoms with E-state index >= 15 is 0 Å². The summed E-state index contributed by atoms with van der Waals surface area (Å²) in [6.45, 7) is 4.11. The maximum absolute atomic E-state index is 13.4. The number of carbonyl (C=O) groups is 1. The Morgan fingerprint density at radius 2 is 1.15 bits per heavy atom. The maximum Gasteiger partial charge on any atom is 0.256 e. The number of nitrogen functional groups attached to an aromatic ring is 1. The molecule has 13 heteroatoms. The molecule has 2 heterocycles. The van der Waals surface area contributed by atoms with Gasteiger partial charge in [0.1, 0.15) is 5.82 Å². The van der Waals surface area contributed by atoms with Crippen LogP contribution in [-0.4, -0.2) is 50.1 Å². The first-order valence-electron chi connectivity index (χ1n) is 16.5. The Hall–Kier alpha value is -3.40. The molecule has 0 saturated carbocycles. The number of nitrogens with one attached hydrogen (secondary N) is 1. The molecule has 0 bridgehead atoms. The summed E-state index contributed by atoms with van der Waals surface area (Å²) >= 11 is 37.0. The van der Waals surface area contributed by atoms with Crippen LogP contribution in [0.1, 0.15) is 33.6 Å². The van der Waals surface area contributed by atoms with Gasteiger partial charge in [-0.3, -0.25) is 4.79 Å². The van der Waals surface area contributed by atoms with E-state index in [-0.39, 0.29) is 29.2 Å². The summed E-state index contributed by atoms with van der Waals surface area (Å²) in [6, 6.07) is 30.4. The van der Waals surface area contributed by atoms with E-state index in [9.17, 15) is 9.18 Å². The number of nitrogens with zero attached hydrogens (tertiary/aromatic N) is 3. The molecule has 6 nitrogen and oxygen atoms in total. The molecule has 0 aromatic heterocycles. The standard InChI is InChI=1S/C23H19Cl3FN3O.C16H15Cl3N2/c24-15-3-1-14(2-4-15)22-13-29(23(31)18-7-6-17(27)12-20(18)28)9-10-30(22)21-8-5-16(25)11-19(21)26;17-12-3-1-11(2-4-12)16-10-20-7-8-21(16)15-6-5-13(18)9-14(15)19/h1-8,11-12,22H,9-10,13,28H2;1-6,9,16,20H,7-8,10H2/t22-;16-/m00/s1. The van der Waals surface area contributed by atoms with Gasteiger partial charge in [0.25, 0.3) is 5.91 Å². The highest BCUT2D eigenvalue weighted by Crippen LogP contribution is 2.38. The number of piperazine rings is 2. The maximum atomic E-state index is 13.4. The molecule has 2 saturated heterocycles. The number of benzene rings is 5. The number of carbonyl (C=O) groups excluding carboxylic acids is 1. The fraction of sp³-hybridized carbons (Fsp3) is 0.205. The van der Waals surface area contributed by atoms with Crippen molar-refractivity contribution < 1.29 is 9.18 Å². The SMILES string of the molecule is Clc1ccc([C@@H]2CNCCN2c2ccc(Cl)cc2Cl)cc1.Nc1cc(F)ccc1C(=O)N1CCN(c2ccc(Cl)cc2Cl)[C@H](c2ccc(Cl)cc2)C1. The minimum absolute atomic E-state index is 0.121. The first-order chi connectivity index (χ1) is 25.0. The first kappa shape index (κ1) is 38.3. The van der Waals surface area contributed by atoms with Crippen LogP contribution >= 0.6 is 69.6 Å². The number of amides is 1. The Bertz CT molecular complexity index is 2030. The molecule has 5 aromatic rings. The Morgan fingerprint density at radius 3 is 1.69 bits per heavy atom. The minimum Gasteiger partial charge on any atom is -0.398 e. The van der Waals surface area contributed by atoms with Gasteiger partial charge in [0, 0.05) is 65.0 Å². The fourth-order valence-corrected chi connectivity index (χ4v) is 7.81. The summed E-state index contributed by atoms with van der Waals surface area (Å²) in [6.07, 6.45) is 0. The average molecular weight is 820 g/mol. The molecule has 7 rings (SSSR count). The van der Waals surface area contributed by atoms with Crippen LogP contribution in [0.5, 0.6) is 0 Å². The van der Waals surface area contributed by atoms with Crippen molar-refractivity contribution in [2.75, 3.05) is 54.8 Å². The number of rotatable bonds is 5. The monoisotopic (exact) mass is 817 g/mol. The highest BCUT2D eigenvalue weighted by molar-refractivity contribution is 6.37. The van der Waals surface area contributed by atoms with Gasteiger partial charge in [-0.1, -0.05) is 93.9 Å². The molecule has 2 aliphatic heterocycles. The molecule has 0 radical (unpaired) electrons. The van der Waals surface area contributed by atoms with Crippen molar-refractivity contribution in [1.82, 2.24) is 10.2 Å². The lowest BCUT2D eigenvalue weighted by atomic mass is 10.00. The summed E-state index contributed by atoms with van der Waals surface area (Å²) in [4.78, 5) is 19.4. The Kier molecular flexibility index (Phi) is 12.7. The van der Waals surface area contributed by atoms with Crippen molar-refractivity contribution in [2.45, 2.75) is 12.1 Å². The second kappa shape index (κ2) is 17.2. The summed E-state index contributed by atoms with van der Waals surface area (Å²) < 4.78 is 13.4. The average Bonchev–Trinajstić information content (AvgIpc) is 3.12. The van der Waals surface area contributed by atoms with Crippen molar-refractivity contribution in [3.05, 3.63) is 156 Å². The Labute approximate surface area is 332 Å². The van der Waals surface area contributed by atoms with Crippen LogP contribution in [0, 0.1) is 5.82 Å². The van der Waals surface area contributed by atoms with Gasteiger partial charge < -0.3 is 25.8 Å². The summed E-state index contributed by atoms with van der Waals surface area (Å²) in [7, 11) is 0. The van der Waals surface area contributed by atoms with Crippen molar-refractivity contribution in [3.63, 3.8) is 0 Å². The van der Waals surface area contributed by atoms with Crippen LogP contribution in [0.2, 0.25) is 30.1 Å². The lowest BCUT2D eigenvalue weighted by molar-refractivity contribution is 0.0723. The normalized spacial score (nSPS) is 17.4. The molecule has 270 valence electrons. The molecular weight excluding hydrogens is 786 g/mol. The topological polar surface area (TPSA) is 64.8 Å². The van der Waals surface area contributed by atoms with Crippen LogP contribution in [0.4, 0.5) is 21.5 Å². The summed E-state index contributed by atoms with van der Waals surface area (Å²) in [5.74, 6) is -0.714. The van der Waals surface area contributed by atoms with E-state index in [0.29, 0.717) is 44.7 Å². The zero-order valence-electron chi connectivity index (χ0n) is 27.7. The van der Waals surface area contributed by atoms with Crippen LogP contribution in [0.15, 0.2) is 103 Å². The van der Waals surface area contributed by atoms with Crippen molar-refractivity contribution in [2.24, 2.45) is 0 Å². The summed E-state index contributed by atoms with van der Waals surface area (Å²) in [5.41, 5.74) is 10.4. The third-order valence-corrected chi connectivity index (χ3v) is 10.7. The zero-order valence-corrected chi connectivity index (χ0v) is 32.2. The molecule has 52 heavy (non-hydrogen) atoms. The van der Waals surface area contributed by atoms with Gasteiger partial charge in [0.15, 0.2) is 0 Å². The molecule has 0 spiro atoms. The molecular formula is C39H34Cl6FN5O. The van der Waals surface area contributed by atoms with Crippen LogP contribution in [0.3, 0.4) is 0 Å². The van der Waals surface area contributed by atoms with E-state index in [4.69, 9.17) is 75.3 Å². The first-order valence-corrected chi connectivity index (χ1v) is 18.7. The minimum atomic E-state index is -0.477. The lowest BCUT2D eigenvalue weighted by Gasteiger charge is -2.43. The van der Waals surface area contributed by atoms with Gasteiger partial charge >= 0.3 is 0 Å². The van der Waals surface area contributed by atoms with Crippen LogP contribution in [-0.2, 0) is 0 Å². The fourth-order valence-electron chi connectivity index (χ4n) is 6.53. The lowest BCUT2D eigenvalue weighted by Crippen LogP contribution is -2.50. The highest BCUT2D eigenvalue weighted by Gasteiger charge is 2.33. The van der Waals surface area contributed by atoms with Crippen molar-refractivity contribution >= 4 is 92.6 Å². The smallest absolute Gasteiger partial charge is 0.256 e. The molecule has 1 amide bonds. The van der Waals surface area contributed by atoms with Crippen molar-refractivity contribution in [3.8, 4) is 0 Å². The predicted octanol–water partition coefficient (Wildman–Crippen LogP) is 10.9. The van der Waals surface area contributed by atoms with E-state index < -0.39 is 5.82 Å². The number of hydrogen-bond donors (Lipinski definition) is 2. The Morgan fingerprint density at radius 1 is 0.635 bits per heavy atom. The van der Waals surface area contributed by atoms with Gasteiger partial charge in [-0.25, -0.2) is 4.39 Å². The third kappa shape index (κ3) is 9.03. The third-order valence-electron chi connectivity index (χ3n) is 9.10. The number of nitrogens with two attached hydrogens (primary N) is 1.